The largest absolute Gasteiger partial charge is 0.484 e. The Morgan fingerprint density at radius 2 is 1.03 bits per heavy atom. The summed E-state index contributed by atoms with van der Waals surface area (Å²) in [6.07, 6.45) is 0. The van der Waals surface area contributed by atoms with Crippen LogP contribution >= 0.6 is 33.3 Å². The Hall–Kier alpha value is -1.57. The Morgan fingerprint density at radius 1 is 0.655 bits per heavy atom. The van der Waals surface area contributed by atoms with Crippen LogP contribution in [0.15, 0.2) is 48.5 Å². The van der Waals surface area contributed by atoms with Crippen LogP contribution in [0.5, 0.6) is 11.5 Å². The summed E-state index contributed by atoms with van der Waals surface area (Å²) in [5.74, 6) is 1.17. The van der Waals surface area contributed by atoms with Gasteiger partial charge in [-0.2, -0.15) is 0 Å². The van der Waals surface area contributed by atoms with Crippen molar-refractivity contribution in [2.75, 3.05) is 0 Å². The lowest BCUT2D eigenvalue weighted by atomic mass is 9.91. The molecule has 5 rings (SSSR count). The molecule has 0 radical (unpaired) electrons. The van der Waals surface area contributed by atoms with E-state index in [1.165, 1.54) is 33.3 Å². The highest BCUT2D eigenvalue weighted by atomic mass is 33.1. The summed E-state index contributed by atoms with van der Waals surface area (Å²) in [4.78, 5) is 27.5. The monoisotopic (exact) mass is 444 g/mol. The number of hydrogen-bond acceptors (Lipinski definition) is 7. The van der Waals surface area contributed by atoms with Gasteiger partial charge in [0.05, 0.1) is 11.1 Å². The first-order valence-corrected chi connectivity index (χ1v) is 12.3. The van der Waals surface area contributed by atoms with Crippen LogP contribution in [0.2, 0.25) is 0 Å². The van der Waals surface area contributed by atoms with Gasteiger partial charge < -0.3 is 9.47 Å². The third-order valence-corrected chi connectivity index (χ3v) is 13.0. The summed E-state index contributed by atoms with van der Waals surface area (Å²) in [7, 11) is 2.87. The highest BCUT2D eigenvalue weighted by molar-refractivity contribution is 8.84. The maximum Gasteiger partial charge on any atom is 0.197 e. The molecule has 1 fully saturated rings. The number of para-hydroxylation sites is 2. The minimum Gasteiger partial charge on any atom is -0.484 e. The predicted octanol–water partition coefficient (Wildman–Crippen LogP) is 5.62. The molecule has 2 atom stereocenters. The number of fused-ring (bicyclic) bond motifs is 2. The van der Waals surface area contributed by atoms with E-state index in [9.17, 15) is 9.59 Å². The number of rotatable bonds is 0. The van der Waals surface area contributed by atoms with Crippen LogP contribution in [0.4, 0.5) is 0 Å². The van der Waals surface area contributed by atoms with E-state index in [4.69, 9.17) is 9.47 Å². The Balaban J connectivity index is 1.65. The third kappa shape index (κ3) is 2.38. The van der Waals surface area contributed by atoms with Gasteiger partial charge in [-0.25, -0.2) is 0 Å². The molecule has 0 N–H and O–H groups in total. The van der Waals surface area contributed by atoms with Gasteiger partial charge in [-0.15, -0.1) is 0 Å². The highest BCUT2D eigenvalue weighted by Crippen LogP contribution is 2.74. The summed E-state index contributed by atoms with van der Waals surface area (Å²) >= 11 is 1.39. The molecule has 3 aliphatic rings. The fourth-order valence-electron chi connectivity index (χ4n) is 4.04. The number of carbonyl (C=O) groups is 2. The maximum atomic E-state index is 13.8. The van der Waals surface area contributed by atoms with Gasteiger partial charge in [-0.3, -0.25) is 9.59 Å². The lowest BCUT2D eigenvalue weighted by Crippen LogP contribution is -2.61. The average molecular weight is 445 g/mol. The molecule has 2 spiro atoms. The molecule has 0 bridgehead atoms. The standard InChI is InChI=1S/C22H20O4S3/c1-19(2)21(17(23)13-9-5-7-11-15(13)25-19)27-22(29-28-21)18(24)14-10-6-8-12-16(14)26-20(22,3)4/h5-12H,1-4H3/t21-,22-/m0/s1. The lowest BCUT2D eigenvalue weighted by molar-refractivity contribution is 0.0552. The van der Waals surface area contributed by atoms with Gasteiger partial charge in [0.1, 0.15) is 22.7 Å². The summed E-state index contributed by atoms with van der Waals surface area (Å²) in [5.41, 5.74) is -0.492. The van der Waals surface area contributed by atoms with Crippen molar-refractivity contribution in [1.82, 2.24) is 0 Å². The van der Waals surface area contributed by atoms with E-state index in [2.05, 4.69) is 0 Å². The molecular formula is C22H20O4S3. The molecule has 3 heterocycles. The molecule has 150 valence electrons. The fraction of sp³-hybridized carbons (Fsp3) is 0.364. The average Bonchev–Trinajstić information content (AvgIpc) is 3.10. The van der Waals surface area contributed by atoms with E-state index < -0.39 is 19.4 Å². The molecule has 4 nitrogen and oxygen atoms in total. The van der Waals surface area contributed by atoms with Gasteiger partial charge in [-0.05, 0) is 52.0 Å². The zero-order valence-corrected chi connectivity index (χ0v) is 18.9. The molecule has 0 saturated carbocycles. The molecule has 29 heavy (non-hydrogen) atoms. The minimum absolute atomic E-state index is 0.00816. The second kappa shape index (κ2) is 5.99. The predicted molar refractivity (Wildman–Crippen MR) is 119 cm³/mol. The van der Waals surface area contributed by atoms with Crippen LogP contribution in [-0.2, 0) is 0 Å². The van der Waals surface area contributed by atoms with Crippen molar-refractivity contribution in [1.29, 1.82) is 0 Å². The van der Waals surface area contributed by atoms with Crippen LogP contribution < -0.4 is 9.47 Å². The Morgan fingerprint density at radius 3 is 1.45 bits per heavy atom. The molecule has 0 aromatic heterocycles. The van der Waals surface area contributed by atoms with Crippen molar-refractivity contribution >= 4 is 44.9 Å². The summed E-state index contributed by atoms with van der Waals surface area (Å²) in [6.45, 7) is 7.70. The molecule has 0 amide bonds. The van der Waals surface area contributed by atoms with Gasteiger partial charge in [0.2, 0.25) is 0 Å². The zero-order valence-electron chi connectivity index (χ0n) is 16.5. The van der Waals surface area contributed by atoms with Gasteiger partial charge in [0.15, 0.2) is 19.7 Å². The molecule has 3 aliphatic heterocycles. The van der Waals surface area contributed by atoms with Crippen LogP contribution in [0.25, 0.3) is 0 Å². The van der Waals surface area contributed by atoms with Crippen LogP contribution in [0, 0.1) is 0 Å². The fourth-order valence-corrected chi connectivity index (χ4v) is 11.3. The third-order valence-electron chi connectivity index (χ3n) is 5.74. The van der Waals surface area contributed by atoms with Crippen molar-refractivity contribution < 1.29 is 19.1 Å². The molecule has 2 aromatic carbocycles. The van der Waals surface area contributed by atoms with Crippen molar-refractivity contribution in [2.24, 2.45) is 0 Å². The van der Waals surface area contributed by atoms with E-state index in [-0.39, 0.29) is 11.6 Å². The molecular weight excluding hydrogens is 424 g/mol. The number of hydrogen-bond donors (Lipinski definition) is 0. The van der Waals surface area contributed by atoms with E-state index in [1.807, 2.05) is 64.1 Å². The summed E-state index contributed by atoms with van der Waals surface area (Å²) in [5, 5.41) is 0. The number of ketones is 2. The van der Waals surface area contributed by atoms with E-state index >= 15 is 0 Å². The maximum absolute atomic E-state index is 13.8. The Bertz CT molecular complexity index is 980. The molecule has 2 aromatic rings. The normalized spacial score (nSPS) is 31.2. The minimum atomic E-state index is -0.964. The van der Waals surface area contributed by atoms with Crippen LogP contribution in [0.1, 0.15) is 48.4 Å². The molecule has 0 unspecified atom stereocenters. The van der Waals surface area contributed by atoms with Crippen molar-refractivity contribution in [3.8, 4) is 11.5 Å². The van der Waals surface area contributed by atoms with Crippen molar-refractivity contribution in [3.63, 3.8) is 0 Å². The molecule has 7 heteroatoms. The van der Waals surface area contributed by atoms with Gasteiger partial charge in [0, 0.05) is 0 Å². The van der Waals surface area contributed by atoms with Crippen LogP contribution in [-0.4, -0.2) is 30.9 Å². The first-order chi connectivity index (χ1) is 13.6. The summed E-state index contributed by atoms with van der Waals surface area (Å²) < 4.78 is 10.7. The van der Waals surface area contributed by atoms with Crippen LogP contribution in [0.3, 0.4) is 0 Å². The SMILES string of the molecule is CC1(C)Oc2ccccc2C(=O)[C@]12SS[C@@]1(S2)C(=O)c2ccccc2OC1(C)C. The first kappa shape index (κ1) is 19.4. The Labute approximate surface area is 181 Å². The second-order valence-electron chi connectivity index (χ2n) is 8.38. The van der Waals surface area contributed by atoms with Crippen molar-refractivity contribution in [3.05, 3.63) is 59.7 Å². The van der Waals surface area contributed by atoms with Gasteiger partial charge in [0.25, 0.3) is 0 Å². The van der Waals surface area contributed by atoms with Crippen molar-refractivity contribution in [2.45, 2.75) is 47.1 Å². The van der Waals surface area contributed by atoms with Gasteiger partial charge >= 0.3 is 0 Å². The summed E-state index contributed by atoms with van der Waals surface area (Å²) in [6, 6.07) is 14.7. The molecule has 0 aliphatic carbocycles. The highest BCUT2D eigenvalue weighted by Gasteiger charge is 2.73. The van der Waals surface area contributed by atoms with E-state index in [0.29, 0.717) is 22.6 Å². The first-order valence-electron chi connectivity index (χ1n) is 9.36. The number of Topliss-reactive ketones (excluding diaryl/α,β-unsaturated/α-hetero) is 2. The molecule has 1 saturated heterocycles. The quantitative estimate of drug-likeness (QED) is 0.489. The Kier molecular flexibility index (Phi) is 4.00. The number of carbonyl (C=O) groups excluding carboxylic acids is 2. The van der Waals surface area contributed by atoms with E-state index in [1.54, 1.807) is 12.1 Å². The second-order valence-corrected chi connectivity index (χ2v) is 12.9. The van der Waals surface area contributed by atoms with Gasteiger partial charge in [-0.1, -0.05) is 57.6 Å². The lowest BCUT2D eigenvalue weighted by Gasteiger charge is -2.48. The zero-order chi connectivity index (χ0) is 20.7. The number of ether oxygens (including phenoxy) is 2. The number of benzene rings is 2. The topological polar surface area (TPSA) is 52.6 Å². The van der Waals surface area contributed by atoms with E-state index in [0.717, 1.165) is 0 Å². The smallest absolute Gasteiger partial charge is 0.197 e. The number of thioether (sulfide) groups is 1.